The summed E-state index contributed by atoms with van der Waals surface area (Å²) in [4.78, 5) is 27.1. The van der Waals surface area contributed by atoms with Crippen molar-refractivity contribution in [3.05, 3.63) is 53.5 Å². The van der Waals surface area contributed by atoms with E-state index < -0.39 is 0 Å². The lowest BCUT2D eigenvalue weighted by molar-refractivity contribution is -0.141. The molecule has 5 nitrogen and oxygen atoms in total. The smallest absolute Gasteiger partial charge is 0.233 e. The Morgan fingerprint density at radius 1 is 1.04 bits per heavy atom. The van der Waals surface area contributed by atoms with Crippen molar-refractivity contribution in [2.75, 3.05) is 31.1 Å². The quantitative estimate of drug-likeness (QED) is 0.814. The third-order valence-corrected chi connectivity index (χ3v) is 6.21. The van der Waals surface area contributed by atoms with Gasteiger partial charge in [-0.2, -0.15) is 0 Å². The summed E-state index contributed by atoms with van der Waals surface area (Å²) in [5.41, 5.74) is 1.89. The number of hydrogen-bond donors (Lipinski definition) is 0. The molecule has 0 bridgehead atoms. The first-order valence-electron chi connectivity index (χ1n) is 10.4. The Kier molecular flexibility index (Phi) is 5.09. The van der Waals surface area contributed by atoms with Gasteiger partial charge in [0, 0.05) is 43.9 Å². The third kappa shape index (κ3) is 3.38. The number of amides is 1. The predicted molar refractivity (Wildman–Crippen MR) is 112 cm³/mol. The maximum absolute atomic E-state index is 13.4. The van der Waals surface area contributed by atoms with Crippen molar-refractivity contribution in [2.24, 2.45) is 0 Å². The van der Waals surface area contributed by atoms with Gasteiger partial charge in [-0.1, -0.05) is 50.6 Å². The van der Waals surface area contributed by atoms with Crippen molar-refractivity contribution in [3.8, 4) is 0 Å². The van der Waals surface area contributed by atoms with Crippen LogP contribution in [0.5, 0.6) is 0 Å². The van der Waals surface area contributed by atoms with Crippen molar-refractivity contribution in [3.63, 3.8) is 0 Å². The summed E-state index contributed by atoms with van der Waals surface area (Å²) in [6.07, 6.45) is 3.08. The number of carbonyl (C=O) groups is 1. The van der Waals surface area contributed by atoms with Crippen LogP contribution in [0.3, 0.4) is 0 Å². The van der Waals surface area contributed by atoms with Crippen LogP contribution in [0.15, 0.2) is 36.4 Å². The van der Waals surface area contributed by atoms with Gasteiger partial charge in [0.05, 0.1) is 5.41 Å². The van der Waals surface area contributed by atoms with E-state index in [0.717, 1.165) is 62.8 Å². The highest BCUT2D eigenvalue weighted by atomic mass is 16.2. The van der Waals surface area contributed by atoms with Gasteiger partial charge in [-0.3, -0.25) is 4.79 Å². The summed E-state index contributed by atoms with van der Waals surface area (Å²) < 4.78 is 0. The molecule has 28 heavy (non-hydrogen) atoms. The minimum atomic E-state index is -0.292. The van der Waals surface area contributed by atoms with Crippen molar-refractivity contribution in [2.45, 2.75) is 51.4 Å². The van der Waals surface area contributed by atoms with E-state index in [-0.39, 0.29) is 5.41 Å². The van der Waals surface area contributed by atoms with Gasteiger partial charge < -0.3 is 9.80 Å². The van der Waals surface area contributed by atoms with Crippen molar-refractivity contribution < 1.29 is 4.79 Å². The van der Waals surface area contributed by atoms with E-state index in [9.17, 15) is 4.79 Å². The Labute approximate surface area is 167 Å². The molecule has 1 aromatic carbocycles. The normalized spacial score (nSPS) is 18.9. The molecule has 1 saturated carbocycles. The van der Waals surface area contributed by atoms with Crippen LogP contribution in [0, 0.1) is 6.92 Å². The van der Waals surface area contributed by atoms with Crippen molar-refractivity contribution >= 4 is 11.7 Å². The molecule has 0 atom stereocenters. The number of hydrogen-bond acceptors (Lipinski definition) is 4. The second-order valence-electron chi connectivity index (χ2n) is 8.46. The fourth-order valence-corrected chi connectivity index (χ4v) is 4.35. The average molecular weight is 379 g/mol. The SMILES string of the molecule is Cc1cc(N2CCN(C(=O)C3(c4ccccc4)CCC3)CC2)nc(C(C)C)n1. The Balaban J connectivity index is 1.47. The van der Waals surface area contributed by atoms with Crippen LogP contribution in [0.25, 0.3) is 0 Å². The molecule has 0 radical (unpaired) electrons. The monoisotopic (exact) mass is 378 g/mol. The summed E-state index contributed by atoms with van der Waals surface area (Å²) in [5.74, 6) is 2.51. The highest BCUT2D eigenvalue weighted by Gasteiger charge is 2.47. The molecule has 1 amide bonds. The van der Waals surface area contributed by atoms with Crippen LogP contribution < -0.4 is 4.90 Å². The van der Waals surface area contributed by atoms with E-state index in [4.69, 9.17) is 4.98 Å². The summed E-state index contributed by atoms with van der Waals surface area (Å²) >= 11 is 0. The molecule has 4 rings (SSSR count). The van der Waals surface area contributed by atoms with Gasteiger partial charge in [0.1, 0.15) is 11.6 Å². The molecule has 1 saturated heterocycles. The average Bonchev–Trinajstić information content (AvgIpc) is 2.67. The molecule has 1 aliphatic carbocycles. The molecule has 2 fully saturated rings. The second kappa shape index (κ2) is 7.53. The van der Waals surface area contributed by atoms with Gasteiger partial charge in [0.2, 0.25) is 5.91 Å². The Hall–Kier alpha value is -2.43. The van der Waals surface area contributed by atoms with Crippen LogP contribution in [0.4, 0.5) is 5.82 Å². The molecule has 5 heteroatoms. The molecule has 2 aliphatic rings. The zero-order valence-corrected chi connectivity index (χ0v) is 17.2. The molecular formula is C23H30N4O. The topological polar surface area (TPSA) is 49.3 Å². The lowest BCUT2D eigenvalue weighted by atomic mass is 9.63. The van der Waals surface area contributed by atoms with Crippen molar-refractivity contribution in [1.29, 1.82) is 0 Å². The Morgan fingerprint density at radius 2 is 1.71 bits per heavy atom. The van der Waals surface area contributed by atoms with E-state index in [2.05, 4.69) is 46.8 Å². The molecule has 0 unspecified atom stereocenters. The molecule has 148 valence electrons. The van der Waals surface area contributed by atoms with E-state index in [1.165, 1.54) is 5.56 Å². The molecular weight excluding hydrogens is 348 g/mol. The molecule has 2 heterocycles. The van der Waals surface area contributed by atoms with Crippen LogP contribution in [-0.4, -0.2) is 47.0 Å². The second-order valence-corrected chi connectivity index (χ2v) is 8.46. The van der Waals surface area contributed by atoms with Crippen LogP contribution in [0.2, 0.25) is 0 Å². The van der Waals surface area contributed by atoms with Gasteiger partial charge in [0.15, 0.2) is 0 Å². The summed E-state index contributed by atoms with van der Waals surface area (Å²) in [7, 11) is 0. The third-order valence-electron chi connectivity index (χ3n) is 6.21. The first kappa shape index (κ1) is 18.9. The molecule has 1 aliphatic heterocycles. The summed E-state index contributed by atoms with van der Waals surface area (Å²) in [5, 5.41) is 0. The number of anilines is 1. The minimum absolute atomic E-state index is 0.292. The predicted octanol–water partition coefficient (Wildman–Crippen LogP) is 3.68. The number of benzene rings is 1. The lowest BCUT2D eigenvalue weighted by Gasteiger charge is -2.46. The fraction of sp³-hybridized carbons (Fsp3) is 0.522. The molecule has 1 aromatic heterocycles. The van der Waals surface area contributed by atoms with E-state index in [1.807, 2.05) is 25.1 Å². The Bertz CT molecular complexity index is 837. The highest BCUT2D eigenvalue weighted by molar-refractivity contribution is 5.89. The minimum Gasteiger partial charge on any atom is -0.353 e. The largest absolute Gasteiger partial charge is 0.353 e. The first-order valence-corrected chi connectivity index (χ1v) is 10.4. The van der Waals surface area contributed by atoms with Gasteiger partial charge in [-0.05, 0) is 25.3 Å². The molecule has 0 spiro atoms. The van der Waals surface area contributed by atoms with E-state index >= 15 is 0 Å². The van der Waals surface area contributed by atoms with E-state index in [0.29, 0.717) is 11.8 Å². The first-order chi connectivity index (χ1) is 13.5. The zero-order valence-electron chi connectivity index (χ0n) is 17.2. The Morgan fingerprint density at radius 3 is 2.29 bits per heavy atom. The van der Waals surface area contributed by atoms with Crippen LogP contribution in [0.1, 0.15) is 56.1 Å². The molecule has 2 aromatic rings. The zero-order chi connectivity index (χ0) is 19.7. The maximum atomic E-state index is 13.4. The highest BCUT2D eigenvalue weighted by Crippen LogP contribution is 2.45. The van der Waals surface area contributed by atoms with Gasteiger partial charge in [0.25, 0.3) is 0 Å². The lowest BCUT2D eigenvalue weighted by Crippen LogP contribution is -2.57. The van der Waals surface area contributed by atoms with Gasteiger partial charge in [-0.25, -0.2) is 9.97 Å². The van der Waals surface area contributed by atoms with E-state index in [1.54, 1.807) is 0 Å². The standard InChI is InChI=1S/C23H30N4O/c1-17(2)21-24-18(3)16-20(25-21)26-12-14-27(15-13-26)22(28)23(10-7-11-23)19-8-5-4-6-9-19/h4-6,8-9,16-17H,7,10-15H2,1-3H3. The number of aromatic nitrogens is 2. The van der Waals surface area contributed by atoms with Crippen molar-refractivity contribution in [1.82, 2.24) is 14.9 Å². The number of piperazine rings is 1. The van der Waals surface area contributed by atoms with Crippen LogP contribution >= 0.6 is 0 Å². The van der Waals surface area contributed by atoms with Gasteiger partial charge >= 0.3 is 0 Å². The number of aryl methyl sites for hydroxylation is 1. The fourth-order valence-electron chi connectivity index (χ4n) is 4.35. The molecule has 0 N–H and O–H groups in total. The summed E-state index contributed by atoms with van der Waals surface area (Å²) in [6.45, 7) is 9.43. The summed E-state index contributed by atoms with van der Waals surface area (Å²) in [6, 6.07) is 12.4. The van der Waals surface area contributed by atoms with Crippen LogP contribution in [-0.2, 0) is 10.2 Å². The van der Waals surface area contributed by atoms with Gasteiger partial charge in [-0.15, -0.1) is 0 Å². The number of carbonyl (C=O) groups excluding carboxylic acids is 1. The maximum Gasteiger partial charge on any atom is 0.233 e. The number of nitrogens with zero attached hydrogens (tertiary/aromatic N) is 4. The number of rotatable bonds is 4.